The zero-order valence-electron chi connectivity index (χ0n) is 24.6. The van der Waals surface area contributed by atoms with Crippen molar-refractivity contribution in [1.82, 2.24) is 9.80 Å². The van der Waals surface area contributed by atoms with E-state index in [4.69, 9.17) is 0 Å². The Morgan fingerprint density at radius 1 is 0.450 bits per heavy atom. The first-order valence-electron chi connectivity index (χ1n) is 14.9. The number of imide groups is 2. The van der Waals surface area contributed by atoms with Gasteiger partial charge in [-0.15, -0.1) is 0 Å². The van der Waals surface area contributed by atoms with Crippen LogP contribution in [-0.4, -0.2) is 62.7 Å². The van der Waals surface area contributed by atoms with Crippen LogP contribution in [0.4, 0.5) is 0 Å². The lowest BCUT2D eigenvalue weighted by Gasteiger charge is -2.25. The van der Waals surface area contributed by atoms with Crippen molar-refractivity contribution in [3.8, 4) is 0 Å². The first kappa shape index (κ1) is 30.1. The Kier molecular flexibility index (Phi) is 9.61. The second-order valence-corrected chi connectivity index (χ2v) is 23.7. The van der Waals surface area contributed by atoms with Gasteiger partial charge in [-0.2, -0.15) is 0 Å². The molecule has 0 bridgehead atoms. The van der Waals surface area contributed by atoms with E-state index in [1.165, 1.54) is 47.6 Å². The van der Waals surface area contributed by atoms with E-state index in [2.05, 4.69) is 26.2 Å². The molecule has 2 aromatic rings. The number of amides is 4. The van der Waals surface area contributed by atoms with E-state index in [1.807, 2.05) is 24.3 Å². The Balaban J connectivity index is 1.07. The molecule has 0 unspecified atom stereocenters. The third kappa shape index (κ3) is 7.07. The van der Waals surface area contributed by atoms with E-state index in [0.717, 1.165) is 24.9 Å². The first-order valence-corrected chi connectivity index (χ1v) is 21.7. The standard InChI is InChI=1S/C32H44N2O4Si2/c1-39(2,23-13-19-33-29(35)25-15-7-8-16-26(25)30(33)36)21-11-5-6-12-22-40(3,4)24-14-20-34-31(37)27-17-9-10-18-28(27)32(34)38/h7-10,15-18H,5-6,11-14,19-24H2,1-4H3. The molecule has 8 heteroatoms. The highest BCUT2D eigenvalue weighted by Gasteiger charge is 2.36. The molecule has 6 nitrogen and oxygen atoms in total. The molecule has 4 amide bonds. The number of carbonyl (C=O) groups excluding carboxylic acids is 4. The topological polar surface area (TPSA) is 74.8 Å². The Labute approximate surface area is 241 Å². The largest absolute Gasteiger partial charge is 0.274 e. The zero-order valence-corrected chi connectivity index (χ0v) is 26.6. The molecule has 2 heterocycles. The summed E-state index contributed by atoms with van der Waals surface area (Å²) in [5.74, 6) is -0.574. The molecule has 0 fully saturated rings. The van der Waals surface area contributed by atoms with Crippen LogP contribution in [0.5, 0.6) is 0 Å². The van der Waals surface area contributed by atoms with Gasteiger partial charge in [-0.1, -0.05) is 100 Å². The monoisotopic (exact) mass is 576 g/mol. The number of hydrogen-bond donors (Lipinski definition) is 0. The molecule has 0 spiro atoms. The summed E-state index contributed by atoms with van der Waals surface area (Å²) in [5.41, 5.74) is 2.16. The zero-order chi connectivity index (χ0) is 28.9. The molecule has 0 atom stereocenters. The molecule has 0 aromatic heterocycles. The van der Waals surface area contributed by atoms with Gasteiger partial charge in [0.25, 0.3) is 23.6 Å². The van der Waals surface area contributed by atoms with Crippen LogP contribution < -0.4 is 0 Å². The minimum Gasteiger partial charge on any atom is -0.274 e. The molecule has 2 aromatic carbocycles. The van der Waals surface area contributed by atoms with Crippen molar-refractivity contribution < 1.29 is 19.2 Å². The third-order valence-corrected chi connectivity index (χ3v) is 15.5. The Morgan fingerprint density at radius 2 is 0.725 bits per heavy atom. The fourth-order valence-corrected chi connectivity index (χ4v) is 11.3. The number of unbranched alkanes of at least 4 members (excludes halogenated alkanes) is 3. The average Bonchev–Trinajstić information content (AvgIpc) is 3.31. The summed E-state index contributed by atoms with van der Waals surface area (Å²) >= 11 is 0. The van der Waals surface area contributed by atoms with Crippen molar-refractivity contribution in [2.45, 2.75) is 88.9 Å². The Bertz CT molecular complexity index is 1110. The highest BCUT2D eigenvalue weighted by Crippen LogP contribution is 2.28. The molecule has 4 rings (SSSR count). The molecule has 0 aliphatic carbocycles. The van der Waals surface area contributed by atoms with Crippen molar-refractivity contribution in [1.29, 1.82) is 0 Å². The van der Waals surface area contributed by atoms with E-state index >= 15 is 0 Å². The lowest BCUT2D eigenvalue weighted by Crippen LogP contribution is -2.33. The van der Waals surface area contributed by atoms with Crippen molar-refractivity contribution in [3.63, 3.8) is 0 Å². The second-order valence-electron chi connectivity index (χ2n) is 13.1. The van der Waals surface area contributed by atoms with E-state index in [-0.39, 0.29) is 23.6 Å². The maximum atomic E-state index is 12.6. The van der Waals surface area contributed by atoms with Gasteiger partial charge >= 0.3 is 0 Å². The molecule has 2 aliphatic rings. The number of carbonyl (C=O) groups is 4. The van der Waals surface area contributed by atoms with Gasteiger partial charge in [-0.25, -0.2) is 0 Å². The predicted molar refractivity (Wildman–Crippen MR) is 166 cm³/mol. The van der Waals surface area contributed by atoms with Gasteiger partial charge in [-0.3, -0.25) is 29.0 Å². The third-order valence-electron chi connectivity index (χ3n) is 8.68. The van der Waals surface area contributed by atoms with E-state index in [0.29, 0.717) is 35.3 Å². The van der Waals surface area contributed by atoms with Gasteiger partial charge in [0.05, 0.1) is 22.3 Å². The Morgan fingerprint density at radius 3 is 1.02 bits per heavy atom. The van der Waals surface area contributed by atoms with E-state index in [1.54, 1.807) is 24.3 Å². The number of hydrogen-bond acceptors (Lipinski definition) is 4. The molecular formula is C32H44N2O4Si2. The van der Waals surface area contributed by atoms with Gasteiger partial charge in [0.1, 0.15) is 0 Å². The second kappa shape index (κ2) is 12.8. The van der Waals surface area contributed by atoms with Gasteiger partial charge in [0.15, 0.2) is 0 Å². The fourth-order valence-electron chi connectivity index (χ4n) is 6.13. The van der Waals surface area contributed by atoms with Crippen molar-refractivity contribution in [3.05, 3.63) is 70.8 Å². The van der Waals surface area contributed by atoms with Gasteiger partial charge in [-0.05, 0) is 37.1 Å². The normalized spacial score (nSPS) is 15.3. The van der Waals surface area contributed by atoms with Crippen LogP contribution >= 0.6 is 0 Å². The SMILES string of the molecule is C[Si](C)(CCCCCC[Si](C)(C)CCCN1C(=O)c2ccccc2C1=O)CCCN1C(=O)c2ccccc2C1=O. The lowest BCUT2D eigenvalue weighted by atomic mass is 10.1. The number of rotatable bonds is 15. The van der Waals surface area contributed by atoms with Crippen LogP contribution in [0.15, 0.2) is 48.5 Å². The number of fused-ring (bicyclic) bond motifs is 2. The summed E-state index contributed by atoms with van der Waals surface area (Å²) < 4.78 is 0. The number of benzene rings is 2. The van der Waals surface area contributed by atoms with Crippen LogP contribution in [-0.2, 0) is 0 Å². The van der Waals surface area contributed by atoms with Gasteiger partial charge in [0, 0.05) is 29.2 Å². The Hall–Kier alpha value is -2.85. The van der Waals surface area contributed by atoms with Crippen LogP contribution in [0.3, 0.4) is 0 Å². The van der Waals surface area contributed by atoms with Crippen LogP contribution in [0.1, 0.15) is 80.0 Å². The van der Waals surface area contributed by atoms with Crippen LogP contribution in [0, 0.1) is 0 Å². The summed E-state index contributed by atoms with van der Waals surface area (Å²) in [6, 6.07) is 19.1. The summed E-state index contributed by atoms with van der Waals surface area (Å²) in [6.07, 6.45) is 6.82. The molecule has 40 heavy (non-hydrogen) atoms. The molecule has 0 saturated heterocycles. The minimum atomic E-state index is -1.36. The smallest absolute Gasteiger partial charge is 0.261 e. The van der Waals surface area contributed by atoms with Crippen LogP contribution in [0.25, 0.3) is 0 Å². The molecule has 0 radical (unpaired) electrons. The fraction of sp³-hybridized carbons (Fsp3) is 0.500. The highest BCUT2D eigenvalue weighted by molar-refractivity contribution is 6.77. The summed E-state index contributed by atoms with van der Waals surface area (Å²) in [6.45, 7) is 10.8. The molecule has 0 N–H and O–H groups in total. The van der Waals surface area contributed by atoms with Crippen LogP contribution in [0.2, 0.25) is 50.4 Å². The maximum Gasteiger partial charge on any atom is 0.261 e. The maximum absolute atomic E-state index is 12.6. The molecule has 214 valence electrons. The minimum absolute atomic E-state index is 0.143. The number of nitrogens with zero attached hydrogens (tertiary/aromatic N) is 2. The van der Waals surface area contributed by atoms with Crippen molar-refractivity contribution in [2.24, 2.45) is 0 Å². The summed E-state index contributed by atoms with van der Waals surface area (Å²) in [5, 5.41) is 0. The quantitative estimate of drug-likeness (QED) is 0.126. The van der Waals surface area contributed by atoms with E-state index < -0.39 is 16.1 Å². The summed E-state index contributed by atoms with van der Waals surface area (Å²) in [4.78, 5) is 53.2. The molecular weight excluding hydrogens is 533 g/mol. The van der Waals surface area contributed by atoms with Gasteiger partial charge in [0.2, 0.25) is 0 Å². The van der Waals surface area contributed by atoms with Crippen molar-refractivity contribution >= 4 is 39.8 Å². The summed E-state index contributed by atoms with van der Waals surface area (Å²) in [7, 11) is -2.72. The lowest BCUT2D eigenvalue weighted by molar-refractivity contribution is 0.0638. The molecule has 0 saturated carbocycles. The average molecular weight is 577 g/mol. The predicted octanol–water partition coefficient (Wildman–Crippen LogP) is 7.34. The first-order chi connectivity index (χ1) is 19.0. The highest BCUT2D eigenvalue weighted by atomic mass is 28.3. The molecule has 2 aliphatic heterocycles. The van der Waals surface area contributed by atoms with E-state index in [9.17, 15) is 19.2 Å². The van der Waals surface area contributed by atoms with Crippen molar-refractivity contribution in [2.75, 3.05) is 13.1 Å². The van der Waals surface area contributed by atoms with Gasteiger partial charge < -0.3 is 0 Å².